The summed E-state index contributed by atoms with van der Waals surface area (Å²) in [6.07, 6.45) is 0.519. The van der Waals surface area contributed by atoms with E-state index in [4.69, 9.17) is 9.47 Å². The topological polar surface area (TPSA) is 88.3 Å². The second kappa shape index (κ2) is 10.7. The van der Waals surface area contributed by atoms with E-state index in [-0.39, 0.29) is 25.2 Å². The van der Waals surface area contributed by atoms with Crippen LogP contribution in [-0.4, -0.2) is 55.9 Å². The Hall–Kier alpha value is -1.81. The first-order chi connectivity index (χ1) is 13.3. The lowest BCUT2D eigenvalue weighted by Crippen LogP contribution is -2.28. The predicted octanol–water partition coefficient (Wildman–Crippen LogP) is 3.27. The Labute approximate surface area is 162 Å². The molecule has 1 heterocycles. The van der Waals surface area contributed by atoms with E-state index in [2.05, 4.69) is 20.8 Å². The summed E-state index contributed by atoms with van der Waals surface area (Å²) in [6.45, 7) is 1.78. The summed E-state index contributed by atoms with van der Waals surface area (Å²) < 4.78 is 46.3. The average Bonchev–Trinajstić information content (AvgIpc) is 3.14. The Morgan fingerprint density at radius 3 is 2.71 bits per heavy atom. The van der Waals surface area contributed by atoms with E-state index in [1.54, 1.807) is 6.20 Å². The largest absolute Gasteiger partial charge is 0.448 e. The van der Waals surface area contributed by atoms with Crippen LogP contribution in [-0.2, 0) is 9.47 Å². The summed E-state index contributed by atoms with van der Waals surface area (Å²) in [5.41, 5.74) is 2.14. The molecule has 2 rings (SSSR count). The number of hydrogen-bond donors (Lipinski definition) is 3. The number of aromatic nitrogens is 2. The second-order valence-corrected chi connectivity index (χ2v) is 7.15. The molecule has 160 valence electrons. The van der Waals surface area contributed by atoms with Crippen LogP contribution in [0.1, 0.15) is 55.8 Å². The lowest BCUT2D eigenvalue weighted by molar-refractivity contribution is -0.177. The summed E-state index contributed by atoms with van der Waals surface area (Å²) in [6, 6.07) is 0.0369. The molecule has 3 N–H and O–H groups in total. The zero-order valence-electron chi connectivity index (χ0n) is 16.3. The average molecular weight is 406 g/mol. The summed E-state index contributed by atoms with van der Waals surface area (Å²) in [5.74, 6) is 0.477. The zero-order chi connectivity index (χ0) is 20.6. The monoisotopic (exact) mass is 406 g/mol. The van der Waals surface area contributed by atoms with Crippen molar-refractivity contribution < 1.29 is 27.4 Å². The Morgan fingerprint density at radius 2 is 2.07 bits per heavy atom. The fourth-order valence-electron chi connectivity index (χ4n) is 3.54. The third kappa shape index (κ3) is 7.31. The van der Waals surface area contributed by atoms with Gasteiger partial charge in [0.05, 0.1) is 6.20 Å². The molecule has 7 nitrogen and oxygen atoms in total. The van der Waals surface area contributed by atoms with Gasteiger partial charge in [0, 0.05) is 43.4 Å². The maximum atomic E-state index is 12.2. The van der Waals surface area contributed by atoms with Crippen LogP contribution in [0.2, 0.25) is 0 Å². The van der Waals surface area contributed by atoms with Gasteiger partial charge in [-0.2, -0.15) is 18.3 Å². The number of alkyl halides is 3. The van der Waals surface area contributed by atoms with Crippen molar-refractivity contribution in [1.82, 2.24) is 20.8 Å². The number of alkyl carbamates (subject to hydrolysis) is 1. The van der Waals surface area contributed by atoms with Crippen LogP contribution in [0.25, 0.3) is 0 Å². The van der Waals surface area contributed by atoms with Crippen LogP contribution >= 0.6 is 0 Å². The highest BCUT2D eigenvalue weighted by Crippen LogP contribution is 2.37. The van der Waals surface area contributed by atoms with Crippen molar-refractivity contribution >= 4 is 6.09 Å². The van der Waals surface area contributed by atoms with Gasteiger partial charge in [-0.25, -0.2) is 4.79 Å². The van der Waals surface area contributed by atoms with Gasteiger partial charge >= 0.3 is 12.3 Å². The van der Waals surface area contributed by atoms with E-state index < -0.39 is 18.9 Å². The highest BCUT2D eigenvalue weighted by Gasteiger charge is 2.30. The lowest BCUT2D eigenvalue weighted by atomic mass is 9.79. The maximum Gasteiger partial charge on any atom is 0.411 e. The predicted molar refractivity (Wildman–Crippen MR) is 97.0 cm³/mol. The van der Waals surface area contributed by atoms with Gasteiger partial charge in [0.2, 0.25) is 0 Å². The molecule has 10 heteroatoms. The number of halogens is 3. The van der Waals surface area contributed by atoms with Crippen molar-refractivity contribution in [3.8, 4) is 0 Å². The molecule has 1 aromatic heterocycles. The zero-order valence-corrected chi connectivity index (χ0v) is 16.3. The molecule has 0 aromatic carbocycles. The molecule has 1 fully saturated rings. The van der Waals surface area contributed by atoms with E-state index >= 15 is 0 Å². The van der Waals surface area contributed by atoms with Crippen LogP contribution in [0.4, 0.5) is 18.0 Å². The van der Waals surface area contributed by atoms with Gasteiger partial charge in [-0.3, -0.25) is 5.10 Å². The molecule has 0 spiro atoms. The van der Waals surface area contributed by atoms with Gasteiger partial charge in [0.1, 0.15) is 13.2 Å². The molecular weight excluding hydrogens is 377 g/mol. The number of aromatic amines is 1. The maximum absolute atomic E-state index is 12.2. The lowest BCUT2D eigenvalue weighted by Gasteiger charge is -2.29. The molecule has 1 saturated carbocycles. The molecule has 0 saturated heterocycles. The summed E-state index contributed by atoms with van der Waals surface area (Å²) in [5, 5.41) is 13.0. The highest BCUT2D eigenvalue weighted by atomic mass is 19.4. The van der Waals surface area contributed by atoms with Gasteiger partial charge in [-0.05, 0) is 38.5 Å². The molecular formula is C18H29F3N4O3. The Kier molecular flexibility index (Phi) is 8.56. The quantitative estimate of drug-likeness (QED) is 0.548. The van der Waals surface area contributed by atoms with E-state index in [1.807, 2.05) is 6.92 Å². The molecule has 1 aliphatic rings. The van der Waals surface area contributed by atoms with E-state index in [1.165, 1.54) is 7.05 Å². The first-order valence-corrected chi connectivity index (χ1v) is 9.55. The number of carbonyl (C=O) groups excluding carboxylic acids is 1. The summed E-state index contributed by atoms with van der Waals surface area (Å²) in [7, 11) is 1.51. The fourth-order valence-corrected chi connectivity index (χ4v) is 3.54. The first kappa shape index (κ1) is 22.5. The van der Waals surface area contributed by atoms with Crippen molar-refractivity contribution in [2.24, 2.45) is 5.92 Å². The van der Waals surface area contributed by atoms with Crippen LogP contribution in [0.15, 0.2) is 6.20 Å². The number of H-pyrrole nitrogens is 1. The van der Waals surface area contributed by atoms with Gasteiger partial charge in [0.15, 0.2) is 0 Å². The molecule has 0 bridgehead atoms. The Morgan fingerprint density at radius 1 is 1.36 bits per heavy atom. The number of carbonyl (C=O) groups is 1. The van der Waals surface area contributed by atoms with Gasteiger partial charge < -0.3 is 20.1 Å². The van der Waals surface area contributed by atoms with Crippen LogP contribution in [0.3, 0.4) is 0 Å². The minimum Gasteiger partial charge on any atom is -0.448 e. The third-order valence-electron chi connectivity index (χ3n) is 5.03. The molecule has 0 aliphatic heterocycles. The number of rotatable bonds is 9. The van der Waals surface area contributed by atoms with Crippen LogP contribution in [0.5, 0.6) is 0 Å². The van der Waals surface area contributed by atoms with Gasteiger partial charge in [0.25, 0.3) is 0 Å². The molecule has 0 radical (unpaired) electrons. The highest BCUT2D eigenvalue weighted by molar-refractivity contribution is 5.66. The minimum absolute atomic E-state index is 0.0369. The summed E-state index contributed by atoms with van der Waals surface area (Å²) >= 11 is 0. The van der Waals surface area contributed by atoms with Crippen molar-refractivity contribution in [3.05, 3.63) is 17.5 Å². The van der Waals surface area contributed by atoms with Gasteiger partial charge in [-0.1, -0.05) is 0 Å². The Balaban J connectivity index is 1.76. The van der Waals surface area contributed by atoms with Crippen LogP contribution in [0, 0.1) is 5.92 Å². The SMILES string of the molecule is CNC(=O)OCCNC(C)c1cn[nH]c1C1CCC(COCC(F)(F)F)CC1. The number of amides is 1. The molecule has 1 unspecified atom stereocenters. The van der Waals surface area contributed by atoms with Crippen molar-refractivity contribution in [2.45, 2.75) is 50.7 Å². The molecule has 1 aliphatic carbocycles. The van der Waals surface area contributed by atoms with Crippen molar-refractivity contribution in [3.63, 3.8) is 0 Å². The molecule has 1 aromatic rings. The fraction of sp³-hybridized carbons (Fsp3) is 0.778. The second-order valence-electron chi connectivity index (χ2n) is 7.15. The van der Waals surface area contributed by atoms with Crippen LogP contribution < -0.4 is 10.6 Å². The molecule has 1 atom stereocenters. The van der Waals surface area contributed by atoms with Crippen molar-refractivity contribution in [1.29, 1.82) is 0 Å². The van der Waals surface area contributed by atoms with Gasteiger partial charge in [-0.15, -0.1) is 0 Å². The number of ether oxygens (including phenoxy) is 2. The number of hydrogen-bond acceptors (Lipinski definition) is 5. The number of nitrogens with zero attached hydrogens (tertiary/aromatic N) is 1. The van der Waals surface area contributed by atoms with E-state index in [0.717, 1.165) is 36.9 Å². The molecule has 1 amide bonds. The standard InChI is InChI=1S/C18H29F3N4O3/c1-12(23-7-8-28-17(26)22-2)15-9-24-25-16(15)14-5-3-13(4-6-14)10-27-11-18(19,20)21/h9,12-14,23H,3-8,10-11H2,1-2H3,(H,22,26)(H,24,25). The normalized spacial score (nSPS) is 21.3. The smallest absolute Gasteiger partial charge is 0.411 e. The molecule has 28 heavy (non-hydrogen) atoms. The minimum atomic E-state index is -4.27. The number of nitrogens with one attached hydrogen (secondary N) is 3. The van der Waals surface area contributed by atoms with E-state index in [9.17, 15) is 18.0 Å². The third-order valence-corrected chi connectivity index (χ3v) is 5.03. The first-order valence-electron chi connectivity index (χ1n) is 9.55. The summed E-state index contributed by atoms with van der Waals surface area (Å²) in [4.78, 5) is 11.0. The Bertz CT molecular complexity index is 601. The van der Waals surface area contributed by atoms with E-state index in [0.29, 0.717) is 12.5 Å². The van der Waals surface area contributed by atoms with Crippen molar-refractivity contribution in [2.75, 3.05) is 33.4 Å².